The Morgan fingerprint density at radius 3 is 1.43 bits per heavy atom. The number of nitrogens with zero attached hydrogens (tertiary/aromatic N) is 4. The zero-order chi connectivity index (χ0) is 14.6. The van der Waals surface area contributed by atoms with Gasteiger partial charge in [-0.3, -0.25) is 0 Å². The monoisotopic (exact) mass is 294 g/mol. The van der Waals surface area contributed by atoms with Crippen LogP contribution in [0.1, 0.15) is 0 Å². The third kappa shape index (κ3) is 7.03. The minimum absolute atomic E-state index is 0.592. The molecule has 0 aliphatic rings. The van der Waals surface area contributed by atoms with Gasteiger partial charge in [0, 0.05) is 37.9 Å². The molecule has 0 bridgehead atoms. The molecule has 7 nitrogen and oxygen atoms in total. The van der Waals surface area contributed by atoms with E-state index in [0.717, 1.165) is 13.1 Å². The standard InChI is InChI=1S/C14H22N4O3/c1-3-17(13-15-1)5-7-19-9-11-21-12-10-20-8-6-18-4-2-16-14-18/h1-4,13-14H,5-12H2. The van der Waals surface area contributed by atoms with Gasteiger partial charge in [0.2, 0.25) is 0 Å². The molecule has 7 heteroatoms. The van der Waals surface area contributed by atoms with Crippen molar-refractivity contribution in [2.75, 3.05) is 39.6 Å². The summed E-state index contributed by atoms with van der Waals surface area (Å²) in [5.41, 5.74) is 0. The summed E-state index contributed by atoms with van der Waals surface area (Å²) in [6.45, 7) is 5.36. The van der Waals surface area contributed by atoms with E-state index in [1.54, 1.807) is 25.0 Å². The van der Waals surface area contributed by atoms with Crippen LogP contribution in [0.15, 0.2) is 37.4 Å². The van der Waals surface area contributed by atoms with Crippen LogP contribution in [0.4, 0.5) is 0 Å². The molecule has 0 atom stereocenters. The van der Waals surface area contributed by atoms with E-state index >= 15 is 0 Å². The molecule has 2 aromatic rings. The third-order valence-corrected chi connectivity index (χ3v) is 2.85. The van der Waals surface area contributed by atoms with Crippen LogP contribution in [0, 0.1) is 0 Å². The minimum atomic E-state index is 0.592. The Balaban J connectivity index is 1.31. The van der Waals surface area contributed by atoms with Gasteiger partial charge in [0.1, 0.15) is 0 Å². The van der Waals surface area contributed by atoms with Gasteiger partial charge in [-0.05, 0) is 0 Å². The number of aromatic nitrogens is 4. The molecule has 2 rings (SSSR count). The molecule has 0 radical (unpaired) electrons. The SMILES string of the molecule is c1cn(CCOCCOCCOCCn2ccnc2)cn1. The maximum Gasteiger partial charge on any atom is 0.0946 e. The summed E-state index contributed by atoms with van der Waals surface area (Å²) in [7, 11) is 0. The number of ether oxygens (including phenoxy) is 3. The molecule has 0 fully saturated rings. The molecule has 0 aliphatic heterocycles. The van der Waals surface area contributed by atoms with Gasteiger partial charge in [-0.2, -0.15) is 0 Å². The zero-order valence-electron chi connectivity index (χ0n) is 12.1. The Hall–Kier alpha value is -1.70. The van der Waals surface area contributed by atoms with Crippen LogP contribution in [0.25, 0.3) is 0 Å². The average Bonchev–Trinajstić information content (AvgIpc) is 3.18. The molecule has 116 valence electrons. The van der Waals surface area contributed by atoms with Gasteiger partial charge in [-0.25, -0.2) is 9.97 Å². The number of hydrogen-bond donors (Lipinski definition) is 0. The summed E-state index contributed by atoms with van der Waals surface area (Å²) in [4.78, 5) is 7.93. The molecule has 0 amide bonds. The lowest BCUT2D eigenvalue weighted by atomic mass is 10.6. The second kappa shape index (κ2) is 10.1. The van der Waals surface area contributed by atoms with Crippen molar-refractivity contribution in [1.82, 2.24) is 19.1 Å². The van der Waals surface area contributed by atoms with Crippen molar-refractivity contribution >= 4 is 0 Å². The summed E-state index contributed by atoms with van der Waals surface area (Å²) < 4.78 is 20.3. The predicted molar refractivity (Wildman–Crippen MR) is 76.9 cm³/mol. The van der Waals surface area contributed by atoms with Crippen LogP contribution in [0.2, 0.25) is 0 Å². The number of rotatable bonds is 12. The highest BCUT2D eigenvalue weighted by molar-refractivity contribution is 4.74. The first-order valence-corrected chi connectivity index (χ1v) is 7.10. The van der Waals surface area contributed by atoms with Gasteiger partial charge < -0.3 is 23.3 Å². The smallest absolute Gasteiger partial charge is 0.0946 e. The molecule has 21 heavy (non-hydrogen) atoms. The maximum atomic E-state index is 5.46. The van der Waals surface area contributed by atoms with E-state index in [9.17, 15) is 0 Å². The molecule has 0 saturated carbocycles. The molecule has 2 heterocycles. The number of hydrogen-bond acceptors (Lipinski definition) is 5. The van der Waals surface area contributed by atoms with Gasteiger partial charge in [0.15, 0.2) is 0 Å². The van der Waals surface area contributed by atoms with Crippen LogP contribution in [-0.4, -0.2) is 58.7 Å². The first kappa shape index (κ1) is 15.7. The van der Waals surface area contributed by atoms with Crippen molar-refractivity contribution in [3.8, 4) is 0 Å². The average molecular weight is 294 g/mol. The van der Waals surface area contributed by atoms with Crippen molar-refractivity contribution in [1.29, 1.82) is 0 Å². The van der Waals surface area contributed by atoms with E-state index in [1.165, 1.54) is 0 Å². The van der Waals surface area contributed by atoms with Crippen molar-refractivity contribution in [3.63, 3.8) is 0 Å². The molecule has 0 N–H and O–H groups in total. The highest BCUT2D eigenvalue weighted by atomic mass is 16.5. The van der Waals surface area contributed by atoms with E-state index in [4.69, 9.17) is 14.2 Å². The van der Waals surface area contributed by atoms with Crippen LogP contribution in [0.5, 0.6) is 0 Å². The van der Waals surface area contributed by atoms with Gasteiger partial charge in [-0.1, -0.05) is 0 Å². The molecule has 0 aliphatic carbocycles. The molecule has 0 spiro atoms. The molecule has 0 aromatic carbocycles. The fraction of sp³-hybridized carbons (Fsp3) is 0.571. The Bertz CT molecular complexity index is 402. The topological polar surface area (TPSA) is 63.3 Å². The lowest BCUT2D eigenvalue weighted by molar-refractivity contribution is 0.0118. The fourth-order valence-corrected chi connectivity index (χ4v) is 1.72. The van der Waals surface area contributed by atoms with Gasteiger partial charge in [0.25, 0.3) is 0 Å². The predicted octanol–water partition coefficient (Wildman–Crippen LogP) is 0.830. The first-order chi connectivity index (χ1) is 10.4. The summed E-state index contributed by atoms with van der Waals surface area (Å²) in [6.07, 6.45) is 10.9. The fourth-order valence-electron chi connectivity index (χ4n) is 1.72. The molecular formula is C14H22N4O3. The van der Waals surface area contributed by atoms with Crippen LogP contribution >= 0.6 is 0 Å². The molecule has 2 aromatic heterocycles. The number of imidazole rings is 2. The lowest BCUT2D eigenvalue weighted by Crippen LogP contribution is -2.13. The molecular weight excluding hydrogens is 272 g/mol. The van der Waals surface area contributed by atoms with Crippen LogP contribution < -0.4 is 0 Å². The van der Waals surface area contributed by atoms with Gasteiger partial charge in [0.05, 0.1) is 52.3 Å². The largest absolute Gasteiger partial charge is 0.377 e. The van der Waals surface area contributed by atoms with E-state index in [0.29, 0.717) is 39.6 Å². The third-order valence-electron chi connectivity index (χ3n) is 2.85. The van der Waals surface area contributed by atoms with Crippen molar-refractivity contribution in [2.24, 2.45) is 0 Å². The van der Waals surface area contributed by atoms with E-state index < -0.39 is 0 Å². The van der Waals surface area contributed by atoms with Crippen molar-refractivity contribution in [2.45, 2.75) is 13.1 Å². The quantitative estimate of drug-likeness (QED) is 0.543. The lowest BCUT2D eigenvalue weighted by Gasteiger charge is -2.07. The minimum Gasteiger partial charge on any atom is -0.377 e. The maximum absolute atomic E-state index is 5.46. The second-order valence-corrected chi connectivity index (χ2v) is 4.44. The summed E-state index contributed by atoms with van der Waals surface area (Å²) in [5, 5.41) is 0. The van der Waals surface area contributed by atoms with E-state index in [1.807, 2.05) is 21.5 Å². The first-order valence-electron chi connectivity index (χ1n) is 7.10. The highest BCUT2D eigenvalue weighted by Crippen LogP contribution is 1.88. The van der Waals surface area contributed by atoms with Crippen LogP contribution in [0.3, 0.4) is 0 Å². The van der Waals surface area contributed by atoms with Gasteiger partial charge >= 0.3 is 0 Å². The Morgan fingerprint density at radius 2 is 1.05 bits per heavy atom. The summed E-state index contributed by atoms with van der Waals surface area (Å²) in [6, 6.07) is 0. The summed E-state index contributed by atoms with van der Waals surface area (Å²) >= 11 is 0. The van der Waals surface area contributed by atoms with Gasteiger partial charge in [-0.15, -0.1) is 0 Å². The normalized spacial score (nSPS) is 11.0. The van der Waals surface area contributed by atoms with Crippen molar-refractivity contribution in [3.05, 3.63) is 37.4 Å². The zero-order valence-corrected chi connectivity index (χ0v) is 12.1. The second-order valence-electron chi connectivity index (χ2n) is 4.44. The highest BCUT2D eigenvalue weighted by Gasteiger charge is 1.94. The summed E-state index contributed by atoms with van der Waals surface area (Å²) in [5.74, 6) is 0. The Morgan fingerprint density at radius 1 is 0.619 bits per heavy atom. The molecule has 0 unspecified atom stereocenters. The van der Waals surface area contributed by atoms with Crippen molar-refractivity contribution < 1.29 is 14.2 Å². The Kier molecular flexibility index (Phi) is 7.53. The van der Waals surface area contributed by atoms with E-state index in [-0.39, 0.29) is 0 Å². The van der Waals surface area contributed by atoms with Crippen LogP contribution in [-0.2, 0) is 27.3 Å². The Labute approximate surface area is 124 Å². The van der Waals surface area contributed by atoms with E-state index in [2.05, 4.69) is 9.97 Å². The molecule has 0 saturated heterocycles.